The van der Waals surface area contributed by atoms with E-state index in [-0.39, 0.29) is 5.69 Å². The highest BCUT2D eigenvalue weighted by Crippen LogP contribution is 2.32. The molecule has 0 bridgehead atoms. The first-order chi connectivity index (χ1) is 13.6. The third-order valence-corrected chi connectivity index (χ3v) is 5.96. The third kappa shape index (κ3) is 2.70. The van der Waals surface area contributed by atoms with Gasteiger partial charge in [-0.3, -0.25) is 9.13 Å². The Morgan fingerprint density at radius 3 is 2.64 bits per heavy atom. The van der Waals surface area contributed by atoms with Crippen LogP contribution in [0.3, 0.4) is 0 Å². The van der Waals surface area contributed by atoms with Gasteiger partial charge in [-0.1, -0.05) is 42.7 Å². The van der Waals surface area contributed by atoms with Crippen LogP contribution in [0, 0.1) is 6.92 Å². The van der Waals surface area contributed by atoms with Crippen molar-refractivity contribution in [2.45, 2.75) is 38.6 Å². The van der Waals surface area contributed by atoms with Crippen LogP contribution >= 0.6 is 0 Å². The van der Waals surface area contributed by atoms with Crippen molar-refractivity contribution in [3.8, 4) is 22.6 Å². The Bertz CT molecular complexity index is 1220. The topological polar surface area (TPSA) is 55.6 Å². The van der Waals surface area contributed by atoms with Gasteiger partial charge in [0.15, 0.2) is 0 Å². The number of benzene rings is 2. The lowest BCUT2D eigenvalue weighted by atomic mass is 10.1. The van der Waals surface area contributed by atoms with Gasteiger partial charge in [0.1, 0.15) is 5.82 Å². The molecule has 1 saturated carbocycles. The Balaban J connectivity index is 1.58. The number of fused-ring (bicyclic) bond motifs is 1. The quantitative estimate of drug-likeness (QED) is 0.560. The number of aryl methyl sites for hydroxylation is 2. The number of nitrogens with one attached hydrogen (secondary N) is 1. The first kappa shape index (κ1) is 17.0. The number of rotatable bonds is 3. The van der Waals surface area contributed by atoms with Crippen LogP contribution in [0.1, 0.15) is 37.3 Å². The van der Waals surface area contributed by atoms with Crippen LogP contribution in [-0.2, 0) is 7.05 Å². The van der Waals surface area contributed by atoms with E-state index in [0.717, 1.165) is 46.5 Å². The molecule has 28 heavy (non-hydrogen) atoms. The average Bonchev–Trinajstić information content (AvgIpc) is 3.43. The number of aromatic amines is 1. The normalized spacial score (nSPS) is 14.9. The van der Waals surface area contributed by atoms with Gasteiger partial charge >= 0.3 is 5.69 Å². The van der Waals surface area contributed by atoms with Gasteiger partial charge in [-0.2, -0.15) is 0 Å². The molecule has 1 aliphatic rings. The molecule has 5 rings (SSSR count). The minimum absolute atomic E-state index is 0.0871. The molecule has 1 aliphatic carbocycles. The molecular formula is C23H24N4O. The molecule has 5 nitrogen and oxygen atoms in total. The van der Waals surface area contributed by atoms with Crippen molar-refractivity contribution in [3.63, 3.8) is 0 Å². The highest BCUT2D eigenvalue weighted by Gasteiger charge is 2.22. The molecule has 0 spiro atoms. The van der Waals surface area contributed by atoms with Gasteiger partial charge in [0.2, 0.25) is 0 Å². The van der Waals surface area contributed by atoms with Crippen LogP contribution in [-0.4, -0.2) is 19.1 Å². The van der Waals surface area contributed by atoms with Gasteiger partial charge in [-0.05, 0) is 38.0 Å². The van der Waals surface area contributed by atoms with Crippen molar-refractivity contribution in [2.24, 2.45) is 7.05 Å². The van der Waals surface area contributed by atoms with Crippen molar-refractivity contribution in [1.82, 2.24) is 19.1 Å². The summed E-state index contributed by atoms with van der Waals surface area (Å²) in [6.07, 6.45) is 6.48. The van der Waals surface area contributed by atoms with Crippen molar-refractivity contribution < 1.29 is 0 Å². The van der Waals surface area contributed by atoms with Crippen LogP contribution in [0.2, 0.25) is 0 Å². The second-order valence-corrected chi connectivity index (χ2v) is 7.87. The Hall–Kier alpha value is -3.08. The molecule has 0 radical (unpaired) electrons. The third-order valence-electron chi connectivity index (χ3n) is 5.96. The minimum Gasteiger partial charge on any atom is -0.338 e. The van der Waals surface area contributed by atoms with E-state index in [1.165, 1.54) is 18.4 Å². The Morgan fingerprint density at radius 2 is 1.86 bits per heavy atom. The fraction of sp³-hybridized carbons (Fsp3) is 0.304. The summed E-state index contributed by atoms with van der Waals surface area (Å²) in [6.45, 7) is 2.08. The molecule has 0 unspecified atom stereocenters. The van der Waals surface area contributed by atoms with Gasteiger partial charge in [0.05, 0.1) is 22.9 Å². The summed E-state index contributed by atoms with van der Waals surface area (Å²) in [5, 5.41) is 0. The Morgan fingerprint density at radius 1 is 1.04 bits per heavy atom. The Labute approximate surface area is 163 Å². The first-order valence-corrected chi connectivity index (χ1v) is 9.95. The maximum absolute atomic E-state index is 12.8. The van der Waals surface area contributed by atoms with Gasteiger partial charge < -0.3 is 4.98 Å². The monoisotopic (exact) mass is 372 g/mol. The molecule has 5 heteroatoms. The summed E-state index contributed by atoms with van der Waals surface area (Å²) in [4.78, 5) is 20.8. The van der Waals surface area contributed by atoms with Crippen LogP contribution in [0.15, 0.2) is 53.5 Å². The van der Waals surface area contributed by atoms with Crippen LogP contribution in [0.4, 0.5) is 0 Å². The van der Waals surface area contributed by atoms with Crippen LogP contribution < -0.4 is 5.69 Å². The predicted octanol–water partition coefficient (Wildman–Crippen LogP) is 4.82. The van der Waals surface area contributed by atoms with E-state index in [1.54, 1.807) is 4.57 Å². The number of nitrogens with zero attached hydrogens (tertiary/aromatic N) is 3. The second kappa shape index (κ2) is 6.51. The van der Waals surface area contributed by atoms with E-state index in [4.69, 9.17) is 0 Å². The van der Waals surface area contributed by atoms with Crippen molar-refractivity contribution in [1.29, 1.82) is 0 Å². The highest BCUT2D eigenvalue weighted by molar-refractivity contribution is 5.82. The molecule has 1 fully saturated rings. The maximum atomic E-state index is 12.8. The molecule has 4 aromatic rings. The van der Waals surface area contributed by atoms with E-state index in [0.29, 0.717) is 6.04 Å². The fourth-order valence-corrected chi connectivity index (χ4v) is 4.45. The molecule has 0 aliphatic heterocycles. The first-order valence-electron chi connectivity index (χ1n) is 9.95. The molecule has 2 heterocycles. The summed E-state index contributed by atoms with van der Waals surface area (Å²) in [7, 11) is 1.87. The molecule has 1 N–H and O–H groups in total. The van der Waals surface area contributed by atoms with Gasteiger partial charge in [0, 0.05) is 24.2 Å². The molecular weight excluding hydrogens is 348 g/mol. The lowest BCUT2D eigenvalue weighted by Crippen LogP contribution is -2.24. The van der Waals surface area contributed by atoms with Crippen LogP contribution in [0.25, 0.3) is 33.7 Å². The van der Waals surface area contributed by atoms with Gasteiger partial charge in [0.25, 0.3) is 0 Å². The zero-order valence-electron chi connectivity index (χ0n) is 16.3. The van der Waals surface area contributed by atoms with E-state index < -0.39 is 0 Å². The van der Waals surface area contributed by atoms with Gasteiger partial charge in [-0.15, -0.1) is 0 Å². The number of aromatic nitrogens is 4. The fourth-order valence-electron chi connectivity index (χ4n) is 4.45. The number of imidazole rings is 2. The summed E-state index contributed by atoms with van der Waals surface area (Å²) in [5.74, 6) is 0.858. The summed E-state index contributed by atoms with van der Waals surface area (Å²) < 4.78 is 3.77. The molecule has 2 aromatic carbocycles. The summed E-state index contributed by atoms with van der Waals surface area (Å²) in [5.41, 5.74) is 6.37. The average molecular weight is 372 g/mol. The van der Waals surface area contributed by atoms with Crippen molar-refractivity contribution in [3.05, 3.63) is 64.7 Å². The van der Waals surface area contributed by atoms with E-state index in [2.05, 4.69) is 53.3 Å². The second-order valence-electron chi connectivity index (χ2n) is 7.87. The SMILES string of the molecule is Cc1cccc(-c2ncc(-c3ccc4c(c3)n(C)c(=O)n4C3CCCC3)[nH]2)c1. The van der Waals surface area contributed by atoms with E-state index in [1.807, 2.05) is 23.9 Å². The summed E-state index contributed by atoms with van der Waals surface area (Å²) in [6, 6.07) is 14.9. The highest BCUT2D eigenvalue weighted by atomic mass is 16.1. The van der Waals surface area contributed by atoms with Gasteiger partial charge in [-0.25, -0.2) is 9.78 Å². The lowest BCUT2D eigenvalue weighted by Gasteiger charge is -2.11. The minimum atomic E-state index is 0.0871. The molecule has 0 saturated heterocycles. The molecule has 142 valence electrons. The summed E-state index contributed by atoms with van der Waals surface area (Å²) >= 11 is 0. The number of hydrogen-bond donors (Lipinski definition) is 1. The molecule has 0 amide bonds. The maximum Gasteiger partial charge on any atom is 0.329 e. The predicted molar refractivity (Wildman–Crippen MR) is 112 cm³/mol. The van der Waals surface area contributed by atoms with Crippen LogP contribution in [0.5, 0.6) is 0 Å². The zero-order chi connectivity index (χ0) is 19.3. The van der Waals surface area contributed by atoms with E-state index >= 15 is 0 Å². The Kier molecular flexibility index (Phi) is 3.97. The molecule has 0 atom stereocenters. The van der Waals surface area contributed by atoms with Crippen molar-refractivity contribution in [2.75, 3.05) is 0 Å². The number of hydrogen-bond acceptors (Lipinski definition) is 2. The smallest absolute Gasteiger partial charge is 0.329 e. The lowest BCUT2D eigenvalue weighted by molar-refractivity contribution is 0.509. The van der Waals surface area contributed by atoms with Crippen molar-refractivity contribution >= 4 is 11.0 Å². The van der Waals surface area contributed by atoms with E-state index in [9.17, 15) is 4.79 Å². The molecule has 2 aromatic heterocycles. The standard InChI is InChI=1S/C23H24N4O/c1-15-6-5-7-17(12-15)22-24-14-19(25-22)16-10-11-20-21(13-16)26(2)23(28)27(20)18-8-3-4-9-18/h5-7,10-14,18H,3-4,8-9H2,1-2H3,(H,24,25). The number of H-pyrrole nitrogens is 1. The largest absolute Gasteiger partial charge is 0.338 e. The zero-order valence-corrected chi connectivity index (χ0v) is 16.3.